The van der Waals surface area contributed by atoms with Crippen molar-refractivity contribution in [2.24, 2.45) is 5.41 Å². The minimum Gasteiger partial charge on any atom is -0.393 e. The van der Waals surface area contributed by atoms with Crippen LogP contribution in [0.2, 0.25) is 0 Å². The second-order valence-electron chi connectivity index (χ2n) is 5.91. The van der Waals surface area contributed by atoms with Crippen molar-refractivity contribution >= 4 is 0 Å². The first kappa shape index (κ1) is 16.0. The van der Waals surface area contributed by atoms with E-state index in [-0.39, 0.29) is 6.10 Å². The molecule has 0 spiro atoms. The van der Waals surface area contributed by atoms with Gasteiger partial charge in [-0.3, -0.25) is 0 Å². The van der Waals surface area contributed by atoms with E-state index in [0.717, 1.165) is 19.3 Å². The molecule has 0 saturated carbocycles. The molecule has 1 heteroatoms. The Balaban J connectivity index is 3.41. The van der Waals surface area contributed by atoms with Crippen LogP contribution in [0.5, 0.6) is 0 Å². The molecule has 1 atom stereocenters. The van der Waals surface area contributed by atoms with Gasteiger partial charge in [-0.05, 0) is 24.7 Å². The number of hydrogen-bond acceptors (Lipinski definition) is 1. The summed E-state index contributed by atoms with van der Waals surface area (Å²) in [7, 11) is 0. The molecule has 0 amide bonds. The van der Waals surface area contributed by atoms with E-state index in [0.29, 0.717) is 5.41 Å². The maximum atomic E-state index is 9.86. The Bertz CT molecular complexity index is 152. The van der Waals surface area contributed by atoms with Crippen molar-refractivity contribution < 1.29 is 5.11 Å². The lowest BCUT2D eigenvalue weighted by molar-refractivity contribution is 0.129. The Hall–Kier alpha value is -0.0400. The van der Waals surface area contributed by atoms with Gasteiger partial charge >= 0.3 is 0 Å². The van der Waals surface area contributed by atoms with Gasteiger partial charge < -0.3 is 5.11 Å². The van der Waals surface area contributed by atoms with Crippen molar-refractivity contribution in [3.8, 4) is 0 Å². The van der Waals surface area contributed by atoms with Crippen LogP contribution in [0.25, 0.3) is 0 Å². The Morgan fingerprint density at radius 1 is 0.938 bits per heavy atom. The van der Waals surface area contributed by atoms with Crippen LogP contribution in [-0.2, 0) is 0 Å². The van der Waals surface area contributed by atoms with E-state index in [1.165, 1.54) is 38.5 Å². The molecule has 0 radical (unpaired) electrons. The molecule has 0 aromatic carbocycles. The van der Waals surface area contributed by atoms with Gasteiger partial charge in [-0.2, -0.15) is 0 Å². The molecule has 0 saturated heterocycles. The topological polar surface area (TPSA) is 20.2 Å². The second kappa shape index (κ2) is 9.04. The lowest BCUT2D eigenvalue weighted by Crippen LogP contribution is -2.15. The highest BCUT2D eigenvalue weighted by molar-refractivity contribution is 4.69. The molecule has 0 bridgehead atoms. The van der Waals surface area contributed by atoms with Crippen LogP contribution in [0.3, 0.4) is 0 Å². The van der Waals surface area contributed by atoms with Gasteiger partial charge in [-0.15, -0.1) is 0 Å². The van der Waals surface area contributed by atoms with Crippen LogP contribution in [0.15, 0.2) is 0 Å². The normalized spacial score (nSPS) is 14.1. The Morgan fingerprint density at radius 3 is 2.12 bits per heavy atom. The van der Waals surface area contributed by atoms with Gasteiger partial charge in [0.25, 0.3) is 0 Å². The summed E-state index contributed by atoms with van der Waals surface area (Å²) in [6, 6.07) is 0. The summed E-state index contributed by atoms with van der Waals surface area (Å²) in [6.45, 7) is 9.06. The first-order valence-electron chi connectivity index (χ1n) is 7.20. The fourth-order valence-electron chi connectivity index (χ4n) is 1.86. The van der Waals surface area contributed by atoms with E-state index < -0.39 is 0 Å². The zero-order chi connectivity index (χ0) is 12.4. The van der Waals surface area contributed by atoms with Gasteiger partial charge in [0.1, 0.15) is 0 Å². The average molecular weight is 228 g/mol. The van der Waals surface area contributed by atoms with Gasteiger partial charge in [0, 0.05) is 0 Å². The third kappa shape index (κ3) is 9.21. The molecule has 0 rings (SSSR count). The van der Waals surface area contributed by atoms with Crippen LogP contribution in [0.4, 0.5) is 0 Å². The van der Waals surface area contributed by atoms with E-state index in [9.17, 15) is 5.11 Å². The largest absolute Gasteiger partial charge is 0.393 e. The minimum atomic E-state index is -0.0625. The summed E-state index contributed by atoms with van der Waals surface area (Å²) in [5.74, 6) is 0. The van der Waals surface area contributed by atoms with Crippen molar-refractivity contribution in [2.75, 3.05) is 0 Å². The van der Waals surface area contributed by atoms with Crippen molar-refractivity contribution in [3.63, 3.8) is 0 Å². The maximum absolute atomic E-state index is 9.86. The first-order valence-corrected chi connectivity index (χ1v) is 7.20. The molecule has 0 aliphatic carbocycles. The van der Waals surface area contributed by atoms with Gasteiger partial charge in [0.05, 0.1) is 6.10 Å². The third-order valence-electron chi connectivity index (χ3n) is 3.75. The predicted molar refractivity (Wildman–Crippen MR) is 72.7 cm³/mol. The fourth-order valence-corrected chi connectivity index (χ4v) is 1.86. The molecule has 1 N–H and O–H groups in total. The van der Waals surface area contributed by atoms with Gasteiger partial charge in [-0.1, -0.05) is 66.2 Å². The van der Waals surface area contributed by atoms with E-state index in [4.69, 9.17) is 0 Å². The molecule has 0 fully saturated rings. The quantitative estimate of drug-likeness (QED) is 0.526. The summed E-state index contributed by atoms with van der Waals surface area (Å²) in [6.07, 6.45) is 10.8. The number of aliphatic hydroxyl groups is 1. The molecule has 0 aliphatic heterocycles. The third-order valence-corrected chi connectivity index (χ3v) is 3.75. The van der Waals surface area contributed by atoms with Crippen molar-refractivity contribution in [3.05, 3.63) is 0 Å². The number of unbranched alkanes of at least 4 members (excludes halogenated alkanes) is 4. The summed E-state index contributed by atoms with van der Waals surface area (Å²) in [5, 5.41) is 9.86. The van der Waals surface area contributed by atoms with Crippen molar-refractivity contribution in [1.29, 1.82) is 0 Å². The Kier molecular flexibility index (Phi) is 9.02. The number of hydrogen-bond donors (Lipinski definition) is 1. The zero-order valence-electron chi connectivity index (χ0n) is 11.9. The van der Waals surface area contributed by atoms with E-state index >= 15 is 0 Å². The van der Waals surface area contributed by atoms with Crippen molar-refractivity contribution in [1.82, 2.24) is 0 Å². The van der Waals surface area contributed by atoms with Crippen LogP contribution < -0.4 is 0 Å². The molecule has 1 nitrogen and oxygen atoms in total. The molecular formula is C15H32O. The molecule has 16 heavy (non-hydrogen) atoms. The maximum Gasteiger partial charge on any atom is 0.0540 e. The van der Waals surface area contributed by atoms with E-state index in [1.807, 2.05) is 0 Å². The zero-order valence-corrected chi connectivity index (χ0v) is 11.9. The molecule has 98 valence electrons. The molecule has 0 aliphatic rings. The smallest absolute Gasteiger partial charge is 0.0540 e. The standard InChI is InChI=1S/C15H32O/c1-5-7-8-9-10-11-14(16)12-13-15(3,4)6-2/h14,16H,5-13H2,1-4H3. The SMILES string of the molecule is CCCCCCCC(O)CCC(C)(C)CC. The minimum absolute atomic E-state index is 0.0625. The van der Waals surface area contributed by atoms with Crippen LogP contribution in [-0.4, -0.2) is 11.2 Å². The molecular weight excluding hydrogens is 196 g/mol. The highest BCUT2D eigenvalue weighted by atomic mass is 16.3. The lowest BCUT2D eigenvalue weighted by Gasteiger charge is -2.24. The predicted octanol–water partition coefficient (Wildman–Crippen LogP) is 4.92. The monoisotopic (exact) mass is 228 g/mol. The second-order valence-corrected chi connectivity index (χ2v) is 5.91. The summed E-state index contributed by atoms with van der Waals surface area (Å²) in [4.78, 5) is 0. The molecule has 0 aromatic heterocycles. The average Bonchev–Trinajstić information content (AvgIpc) is 2.26. The Morgan fingerprint density at radius 2 is 1.56 bits per heavy atom. The van der Waals surface area contributed by atoms with Gasteiger partial charge in [0.2, 0.25) is 0 Å². The summed E-state index contributed by atoms with van der Waals surface area (Å²) < 4.78 is 0. The first-order chi connectivity index (χ1) is 7.52. The molecule has 0 heterocycles. The van der Waals surface area contributed by atoms with Crippen LogP contribution >= 0.6 is 0 Å². The van der Waals surface area contributed by atoms with Gasteiger partial charge in [-0.25, -0.2) is 0 Å². The summed E-state index contributed by atoms with van der Waals surface area (Å²) in [5.41, 5.74) is 0.406. The molecule has 0 aromatic rings. The van der Waals surface area contributed by atoms with Crippen LogP contribution in [0, 0.1) is 5.41 Å². The Labute approximate surface area is 103 Å². The van der Waals surface area contributed by atoms with E-state index in [1.54, 1.807) is 0 Å². The number of aliphatic hydroxyl groups excluding tert-OH is 1. The van der Waals surface area contributed by atoms with Crippen molar-refractivity contribution in [2.45, 2.75) is 91.6 Å². The highest BCUT2D eigenvalue weighted by Crippen LogP contribution is 2.27. The highest BCUT2D eigenvalue weighted by Gasteiger charge is 2.16. The van der Waals surface area contributed by atoms with Crippen LogP contribution in [0.1, 0.15) is 85.5 Å². The van der Waals surface area contributed by atoms with Gasteiger partial charge in [0.15, 0.2) is 0 Å². The lowest BCUT2D eigenvalue weighted by atomic mass is 9.84. The molecule has 1 unspecified atom stereocenters. The summed E-state index contributed by atoms with van der Waals surface area (Å²) >= 11 is 0. The number of rotatable bonds is 10. The fraction of sp³-hybridized carbons (Fsp3) is 1.00. The van der Waals surface area contributed by atoms with E-state index in [2.05, 4.69) is 27.7 Å².